The number of amides is 2. The van der Waals surface area contributed by atoms with Crippen LogP contribution < -0.4 is 11.1 Å². The van der Waals surface area contributed by atoms with Crippen molar-refractivity contribution in [1.29, 1.82) is 0 Å². The average molecular weight is 797 g/mol. The van der Waals surface area contributed by atoms with Gasteiger partial charge < -0.3 is 11.1 Å². The standard InChI is InChI=1S/C39H28F8N6O2S/c1-2-6-22-15-27-33(39(45,46)47)52-53(34(27)38(22,43)44)18-31(54)49-29(13-19-11-23(40)16-24(41)12-19)32-25(21-9-10-28(42)26(14-21)35(48)55)17-30-36(50-32)51-37(56-30)20-7-4-3-5-8-20/h2-5,7-12,14,16-17,22,29H,1,6,13,15,18H2,(H2,48,55)(H,49,54)/t22-,29?/m1/s1. The molecule has 0 aliphatic heterocycles. The topological polar surface area (TPSA) is 116 Å². The Hall–Kier alpha value is -5.97. The number of pyridine rings is 1. The summed E-state index contributed by atoms with van der Waals surface area (Å²) in [4.78, 5) is 35.4. The van der Waals surface area contributed by atoms with Gasteiger partial charge >= 0.3 is 6.18 Å². The van der Waals surface area contributed by atoms with Crippen molar-refractivity contribution in [3.8, 4) is 21.7 Å². The van der Waals surface area contributed by atoms with E-state index in [-0.39, 0.29) is 34.5 Å². The highest BCUT2D eigenvalue weighted by atomic mass is 32.1. The Morgan fingerprint density at radius 2 is 1.71 bits per heavy atom. The third-order valence-corrected chi connectivity index (χ3v) is 10.4. The van der Waals surface area contributed by atoms with Crippen LogP contribution in [0.25, 0.3) is 32.0 Å². The third-order valence-electron chi connectivity index (χ3n) is 9.35. The quantitative estimate of drug-likeness (QED) is 0.101. The summed E-state index contributed by atoms with van der Waals surface area (Å²) >= 11 is 1.23. The number of carbonyl (C=O) groups is 2. The fraction of sp³-hybridized carbons (Fsp3) is 0.205. The first-order valence-corrected chi connectivity index (χ1v) is 17.7. The highest BCUT2D eigenvalue weighted by Crippen LogP contribution is 2.51. The van der Waals surface area contributed by atoms with E-state index in [1.54, 1.807) is 36.4 Å². The molecule has 1 unspecified atom stereocenters. The predicted octanol–water partition coefficient (Wildman–Crippen LogP) is 8.70. The molecular weight excluding hydrogens is 769 g/mol. The zero-order chi connectivity index (χ0) is 40.1. The highest BCUT2D eigenvalue weighted by molar-refractivity contribution is 7.21. The van der Waals surface area contributed by atoms with E-state index in [1.165, 1.54) is 23.5 Å². The Bertz CT molecular complexity index is 2500. The van der Waals surface area contributed by atoms with E-state index in [0.717, 1.165) is 29.8 Å². The molecule has 3 aromatic heterocycles. The normalized spacial score (nSPS) is 15.5. The average Bonchev–Trinajstić information content (AvgIpc) is 3.79. The molecule has 17 heteroatoms. The lowest BCUT2D eigenvalue weighted by atomic mass is 9.94. The van der Waals surface area contributed by atoms with Gasteiger partial charge in [-0.2, -0.15) is 27.1 Å². The molecule has 1 aliphatic rings. The number of alkyl halides is 5. The molecule has 288 valence electrons. The number of fused-ring (bicyclic) bond motifs is 2. The molecule has 3 N–H and O–H groups in total. The first-order valence-electron chi connectivity index (χ1n) is 16.9. The first-order chi connectivity index (χ1) is 26.5. The van der Waals surface area contributed by atoms with Gasteiger partial charge in [-0.15, -0.1) is 17.9 Å². The molecule has 3 heterocycles. The lowest BCUT2D eigenvalue weighted by Gasteiger charge is -2.23. The fourth-order valence-electron chi connectivity index (χ4n) is 6.92. The van der Waals surface area contributed by atoms with Crippen LogP contribution in [0.3, 0.4) is 0 Å². The Morgan fingerprint density at radius 3 is 2.38 bits per heavy atom. The number of primary amides is 1. The number of nitrogens with one attached hydrogen (secondary N) is 1. The van der Waals surface area contributed by atoms with E-state index in [4.69, 9.17) is 10.7 Å². The molecule has 0 saturated heterocycles. The number of rotatable bonds is 11. The number of halogens is 8. The maximum atomic E-state index is 15.7. The molecule has 2 amide bonds. The molecule has 0 saturated carbocycles. The van der Waals surface area contributed by atoms with Crippen LogP contribution in [0.2, 0.25) is 0 Å². The Balaban J connectivity index is 1.37. The predicted molar refractivity (Wildman–Crippen MR) is 191 cm³/mol. The summed E-state index contributed by atoms with van der Waals surface area (Å²) in [6.45, 7) is 2.31. The monoisotopic (exact) mass is 796 g/mol. The van der Waals surface area contributed by atoms with Gasteiger partial charge in [0.1, 0.15) is 34.7 Å². The van der Waals surface area contributed by atoms with Gasteiger partial charge in [0, 0.05) is 28.7 Å². The number of carbonyl (C=O) groups excluding carboxylic acids is 2. The number of benzene rings is 3. The van der Waals surface area contributed by atoms with Crippen molar-refractivity contribution < 1.29 is 44.7 Å². The minimum atomic E-state index is -5.12. The van der Waals surface area contributed by atoms with Gasteiger partial charge in [-0.3, -0.25) is 14.3 Å². The van der Waals surface area contributed by atoms with E-state index >= 15 is 8.78 Å². The van der Waals surface area contributed by atoms with Crippen molar-refractivity contribution in [1.82, 2.24) is 25.1 Å². The number of thiazole rings is 1. The third kappa shape index (κ3) is 7.37. The zero-order valence-corrected chi connectivity index (χ0v) is 29.6. The first kappa shape index (κ1) is 38.3. The summed E-state index contributed by atoms with van der Waals surface area (Å²) in [7, 11) is 0. The minimum absolute atomic E-state index is 0.000954. The van der Waals surface area contributed by atoms with Gasteiger partial charge in [-0.05, 0) is 60.7 Å². The summed E-state index contributed by atoms with van der Waals surface area (Å²) < 4.78 is 118. The van der Waals surface area contributed by atoms with Crippen LogP contribution in [-0.4, -0.2) is 31.6 Å². The number of nitrogens with two attached hydrogens (primary N) is 1. The minimum Gasteiger partial charge on any atom is -0.366 e. The molecule has 6 aromatic rings. The molecule has 0 bridgehead atoms. The van der Waals surface area contributed by atoms with Gasteiger partial charge in [0.15, 0.2) is 11.3 Å². The van der Waals surface area contributed by atoms with Gasteiger partial charge in [0.25, 0.3) is 11.8 Å². The Kier molecular flexibility index (Phi) is 9.99. The molecule has 0 fully saturated rings. The second-order valence-corrected chi connectivity index (χ2v) is 14.2. The lowest BCUT2D eigenvalue weighted by molar-refractivity contribution is -0.142. The molecular formula is C39H28F8N6O2S. The number of hydrogen-bond acceptors (Lipinski definition) is 6. The zero-order valence-electron chi connectivity index (χ0n) is 28.8. The SMILES string of the molecule is C=CC[C@@H]1Cc2c(C(F)(F)F)nn(CC(=O)NC(Cc3cc(F)cc(F)c3)c3nc4nc(-c5ccccc5)sc4cc3-c3ccc(F)c(C(N)=O)c3)c2C1(F)F. The van der Waals surface area contributed by atoms with Crippen molar-refractivity contribution >= 4 is 33.5 Å². The molecule has 2 atom stereocenters. The van der Waals surface area contributed by atoms with Crippen molar-refractivity contribution in [3.63, 3.8) is 0 Å². The second-order valence-electron chi connectivity index (χ2n) is 13.2. The van der Waals surface area contributed by atoms with Crippen molar-refractivity contribution in [2.24, 2.45) is 11.7 Å². The molecule has 7 rings (SSSR count). The van der Waals surface area contributed by atoms with Gasteiger partial charge in [0.2, 0.25) is 5.91 Å². The number of aromatic nitrogens is 4. The van der Waals surface area contributed by atoms with E-state index < -0.39 is 95.2 Å². The summed E-state index contributed by atoms with van der Waals surface area (Å²) in [6.07, 6.45) is -5.31. The Labute approximate surface area is 316 Å². The summed E-state index contributed by atoms with van der Waals surface area (Å²) in [5.74, 6) is -10.4. The fourth-order valence-corrected chi connectivity index (χ4v) is 7.88. The summed E-state index contributed by atoms with van der Waals surface area (Å²) in [5, 5.41) is 6.54. The summed E-state index contributed by atoms with van der Waals surface area (Å²) in [5.41, 5.74) is 2.82. The van der Waals surface area contributed by atoms with Crippen LogP contribution in [0, 0.1) is 23.4 Å². The molecule has 0 radical (unpaired) electrons. The van der Waals surface area contributed by atoms with Crippen molar-refractivity contribution in [2.75, 3.05) is 0 Å². The smallest absolute Gasteiger partial charge is 0.366 e. The second kappa shape index (κ2) is 14.6. The molecule has 8 nitrogen and oxygen atoms in total. The van der Waals surface area contributed by atoms with Gasteiger partial charge in [0.05, 0.1) is 22.0 Å². The van der Waals surface area contributed by atoms with Crippen molar-refractivity contribution in [2.45, 2.75) is 43.9 Å². The summed E-state index contributed by atoms with van der Waals surface area (Å²) in [6, 6.07) is 15.2. The van der Waals surface area contributed by atoms with E-state index in [0.29, 0.717) is 20.5 Å². The molecule has 56 heavy (non-hydrogen) atoms. The van der Waals surface area contributed by atoms with Gasteiger partial charge in [-0.1, -0.05) is 42.5 Å². The van der Waals surface area contributed by atoms with Crippen LogP contribution >= 0.6 is 11.3 Å². The van der Waals surface area contributed by atoms with Crippen LogP contribution in [0.1, 0.15) is 51.0 Å². The number of hydrogen-bond donors (Lipinski definition) is 2. The van der Waals surface area contributed by atoms with E-state index in [2.05, 4.69) is 22.0 Å². The Morgan fingerprint density at radius 1 is 1.00 bits per heavy atom. The number of nitrogens with zero attached hydrogens (tertiary/aromatic N) is 4. The van der Waals surface area contributed by atoms with Crippen molar-refractivity contribution in [3.05, 3.63) is 137 Å². The van der Waals surface area contributed by atoms with Crippen LogP contribution in [0.15, 0.2) is 85.5 Å². The molecule has 0 spiro atoms. The lowest BCUT2D eigenvalue weighted by Crippen LogP contribution is -2.35. The van der Waals surface area contributed by atoms with Crippen LogP contribution in [0.5, 0.6) is 0 Å². The van der Waals surface area contributed by atoms with Crippen LogP contribution in [0.4, 0.5) is 35.1 Å². The number of allylic oxidation sites excluding steroid dienone is 1. The maximum Gasteiger partial charge on any atom is 0.435 e. The van der Waals surface area contributed by atoms with Crippen LogP contribution in [-0.2, 0) is 36.3 Å². The van der Waals surface area contributed by atoms with Gasteiger partial charge in [-0.25, -0.2) is 23.1 Å². The van der Waals surface area contributed by atoms with E-state index in [1.807, 2.05) is 0 Å². The molecule has 1 aliphatic carbocycles. The highest BCUT2D eigenvalue weighted by Gasteiger charge is 2.55. The van der Waals surface area contributed by atoms with E-state index in [9.17, 15) is 35.9 Å². The largest absolute Gasteiger partial charge is 0.435 e. The maximum absolute atomic E-state index is 15.7. The molecule has 3 aromatic carbocycles.